The SMILES string of the molecule is CN(O)[C@H]1[C@H](F)CO[C@@H]1CO. The number of aliphatic hydroxyl groups excluding tert-OH is 1. The third-order valence-electron chi connectivity index (χ3n) is 1.83. The Morgan fingerprint density at radius 1 is 1.73 bits per heavy atom. The van der Waals surface area contributed by atoms with Crippen molar-refractivity contribution in [3.8, 4) is 0 Å². The number of rotatable bonds is 2. The van der Waals surface area contributed by atoms with Crippen molar-refractivity contribution in [1.82, 2.24) is 5.06 Å². The highest BCUT2D eigenvalue weighted by Crippen LogP contribution is 2.20. The Labute approximate surface area is 64.1 Å². The van der Waals surface area contributed by atoms with Gasteiger partial charge in [-0.2, -0.15) is 5.06 Å². The first kappa shape index (κ1) is 8.86. The summed E-state index contributed by atoms with van der Waals surface area (Å²) >= 11 is 0. The van der Waals surface area contributed by atoms with Gasteiger partial charge in [0.2, 0.25) is 0 Å². The highest BCUT2D eigenvalue weighted by Gasteiger charge is 2.39. The lowest BCUT2D eigenvalue weighted by atomic mass is 10.1. The maximum absolute atomic E-state index is 12.8. The summed E-state index contributed by atoms with van der Waals surface area (Å²) in [5, 5.41) is 18.3. The molecule has 0 aromatic heterocycles. The maximum atomic E-state index is 12.8. The average molecular weight is 165 g/mol. The third-order valence-corrected chi connectivity index (χ3v) is 1.83. The van der Waals surface area contributed by atoms with Gasteiger partial charge < -0.3 is 15.1 Å². The number of nitrogens with zero attached hydrogens (tertiary/aromatic N) is 1. The summed E-state index contributed by atoms with van der Waals surface area (Å²) in [5.41, 5.74) is 0. The highest BCUT2D eigenvalue weighted by molar-refractivity contribution is 4.87. The van der Waals surface area contributed by atoms with Crippen molar-refractivity contribution in [2.24, 2.45) is 0 Å². The van der Waals surface area contributed by atoms with Gasteiger partial charge in [-0.05, 0) is 0 Å². The van der Waals surface area contributed by atoms with Gasteiger partial charge >= 0.3 is 0 Å². The van der Waals surface area contributed by atoms with Crippen LogP contribution in [-0.4, -0.2) is 54.0 Å². The van der Waals surface area contributed by atoms with E-state index < -0.39 is 18.3 Å². The number of hydroxylamine groups is 2. The number of hydrogen-bond acceptors (Lipinski definition) is 4. The minimum Gasteiger partial charge on any atom is -0.394 e. The number of halogens is 1. The van der Waals surface area contributed by atoms with Gasteiger partial charge in [-0.25, -0.2) is 4.39 Å². The lowest BCUT2D eigenvalue weighted by molar-refractivity contribution is -0.134. The molecular formula is C6H12FNO3. The van der Waals surface area contributed by atoms with Gasteiger partial charge in [0.15, 0.2) is 0 Å². The molecule has 5 heteroatoms. The summed E-state index contributed by atoms with van der Waals surface area (Å²) in [5.74, 6) is 0. The van der Waals surface area contributed by atoms with Crippen LogP contribution in [0.5, 0.6) is 0 Å². The Morgan fingerprint density at radius 2 is 2.36 bits per heavy atom. The number of hydrogen-bond donors (Lipinski definition) is 2. The molecule has 11 heavy (non-hydrogen) atoms. The Kier molecular flexibility index (Phi) is 2.78. The zero-order chi connectivity index (χ0) is 8.43. The van der Waals surface area contributed by atoms with Gasteiger partial charge in [0.25, 0.3) is 0 Å². The molecule has 0 aromatic rings. The van der Waals surface area contributed by atoms with E-state index in [2.05, 4.69) is 0 Å². The number of likely N-dealkylation sites (N-methyl/N-ethyl adjacent to an activating group) is 1. The Morgan fingerprint density at radius 3 is 2.73 bits per heavy atom. The fourth-order valence-corrected chi connectivity index (χ4v) is 1.28. The maximum Gasteiger partial charge on any atom is 0.144 e. The molecule has 0 saturated carbocycles. The van der Waals surface area contributed by atoms with Crippen LogP contribution in [0.4, 0.5) is 4.39 Å². The molecule has 1 fully saturated rings. The monoisotopic (exact) mass is 165 g/mol. The zero-order valence-corrected chi connectivity index (χ0v) is 6.27. The predicted molar refractivity (Wildman–Crippen MR) is 35.1 cm³/mol. The van der Waals surface area contributed by atoms with Crippen LogP contribution in [-0.2, 0) is 4.74 Å². The van der Waals surface area contributed by atoms with E-state index in [4.69, 9.17) is 15.1 Å². The molecular weight excluding hydrogens is 153 g/mol. The van der Waals surface area contributed by atoms with Crippen LogP contribution in [0.2, 0.25) is 0 Å². The van der Waals surface area contributed by atoms with Crippen LogP contribution < -0.4 is 0 Å². The van der Waals surface area contributed by atoms with Crippen molar-refractivity contribution in [3.63, 3.8) is 0 Å². The minimum atomic E-state index is -1.22. The first-order valence-electron chi connectivity index (χ1n) is 3.45. The van der Waals surface area contributed by atoms with E-state index in [1.54, 1.807) is 0 Å². The number of alkyl halides is 1. The van der Waals surface area contributed by atoms with Crippen molar-refractivity contribution >= 4 is 0 Å². The summed E-state index contributed by atoms with van der Waals surface area (Å²) in [7, 11) is 1.34. The van der Waals surface area contributed by atoms with Gasteiger partial charge in [0.05, 0.1) is 19.3 Å². The lowest BCUT2D eigenvalue weighted by Crippen LogP contribution is -2.43. The molecule has 0 aliphatic carbocycles. The molecule has 1 saturated heterocycles. The molecule has 1 heterocycles. The van der Waals surface area contributed by atoms with Crippen LogP contribution in [0.15, 0.2) is 0 Å². The molecule has 3 atom stereocenters. The standard InChI is InChI=1S/C6H12FNO3/c1-8(10)6-4(7)3-11-5(6)2-9/h4-6,9-10H,2-3H2,1H3/t4-,5-,6+/m1/s1. The van der Waals surface area contributed by atoms with E-state index in [-0.39, 0.29) is 13.2 Å². The van der Waals surface area contributed by atoms with Gasteiger partial charge in [0.1, 0.15) is 12.3 Å². The highest BCUT2D eigenvalue weighted by atomic mass is 19.1. The van der Waals surface area contributed by atoms with Gasteiger partial charge in [-0.15, -0.1) is 0 Å². The van der Waals surface area contributed by atoms with Crippen molar-refractivity contribution in [3.05, 3.63) is 0 Å². The average Bonchev–Trinajstić information content (AvgIpc) is 2.30. The molecule has 2 N–H and O–H groups in total. The topological polar surface area (TPSA) is 52.9 Å². The molecule has 0 aromatic carbocycles. The Hall–Kier alpha value is -0.230. The van der Waals surface area contributed by atoms with Crippen molar-refractivity contribution < 1.29 is 19.4 Å². The van der Waals surface area contributed by atoms with Crippen LogP contribution >= 0.6 is 0 Å². The van der Waals surface area contributed by atoms with Crippen molar-refractivity contribution in [2.45, 2.75) is 18.3 Å². The van der Waals surface area contributed by atoms with E-state index in [0.29, 0.717) is 0 Å². The van der Waals surface area contributed by atoms with Gasteiger partial charge in [0, 0.05) is 7.05 Å². The normalized spacial score (nSPS) is 38.5. The van der Waals surface area contributed by atoms with E-state index >= 15 is 0 Å². The molecule has 0 spiro atoms. The molecule has 1 aliphatic rings. The van der Waals surface area contributed by atoms with E-state index in [1.807, 2.05) is 0 Å². The largest absolute Gasteiger partial charge is 0.394 e. The quantitative estimate of drug-likeness (QED) is 0.537. The van der Waals surface area contributed by atoms with Crippen molar-refractivity contribution in [2.75, 3.05) is 20.3 Å². The van der Waals surface area contributed by atoms with Gasteiger partial charge in [-0.1, -0.05) is 0 Å². The van der Waals surface area contributed by atoms with Crippen molar-refractivity contribution in [1.29, 1.82) is 0 Å². The molecule has 0 unspecified atom stereocenters. The van der Waals surface area contributed by atoms with Crippen LogP contribution in [0, 0.1) is 0 Å². The first-order chi connectivity index (χ1) is 5.16. The molecule has 66 valence electrons. The number of aliphatic hydroxyl groups is 1. The smallest absolute Gasteiger partial charge is 0.144 e. The summed E-state index contributed by atoms with van der Waals surface area (Å²) in [6, 6.07) is -0.736. The molecule has 0 amide bonds. The minimum absolute atomic E-state index is 0.0548. The second-order valence-electron chi connectivity index (χ2n) is 2.63. The molecule has 0 radical (unpaired) electrons. The fraction of sp³-hybridized carbons (Fsp3) is 1.00. The summed E-state index contributed by atoms with van der Waals surface area (Å²) < 4.78 is 17.7. The second-order valence-corrected chi connectivity index (χ2v) is 2.63. The number of ether oxygens (including phenoxy) is 1. The fourth-order valence-electron chi connectivity index (χ4n) is 1.28. The summed E-state index contributed by atoms with van der Waals surface area (Å²) in [6.45, 7) is -0.323. The zero-order valence-electron chi connectivity index (χ0n) is 6.27. The summed E-state index contributed by atoms with van der Waals surface area (Å²) in [4.78, 5) is 0. The lowest BCUT2D eigenvalue weighted by Gasteiger charge is -2.22. The molecule has 4 nitrogen and oxygen atoms in total. The van der Waals surface area contributed by atoms with Gasteiger partial charge in [-0.3, -0.25) is 0 Å². The molecule has 1 aliphatic heterocycles. The molecule has 0 bridgehead atoms. The summed E-state index contributed by atoms with van der Waals surface area (Å²) in [6.07, 6.45) is -1.83. The third kappa shape index (κ3) is 1.67. The predicted octanol–water partition coefficient (Wildman–Crippen LogP) is -0.595. The van der Waals surface area contributed by atoms with Crippen LogP contribution in [0.1, 0.15) is 0 Å². The molecule has 1 rings (SSSR count). The Bertz CT molecular complexity index is 133. The van der Waals surface area contributed by atoms with E-state index in [9.17, 15) is 4.39 Å². The van der Waals surface area contributed by atoms with E-state index in [0.717, 1.165) is 5.06 Å². The second kappa shape index (κ2) is 3.44. The van der Waals surface area contributed by atoms with E-state index in [1.165, 1.54) is 7.05 Å². The first-order valence-corrected chi connectivity index (χ1v) is 3.45. The Balaban J connectivity index is 2.56. The van der Waals surface area contributed by atoms with Crippen LogP contribution in [0.25, 0.3) is 0 Å². The van der Waals surface area contributed by atoms with Crippen LogP contribution in [0.3, 0.4) is 0 Å².